The van der Waals surface area contributed by atoms with Gasteiger partial charge in [-0.2, -0.15) is 4.98 Å². The van der Waals surface area contributed by atoms with Gasteiger partial charge in [-0.25, -0.2) is 0 Å². The van der Waals surface area contributed by atoms with E-state index in [1.165, 1.54) is 0 Å². The predicted octanol–water partition coefficient (Wildman–Crippen LogP) is 2.05. The first-order valence-electron chi connectivity index (χ1n) is 5.32. The van der Waals surface area contributed by atoms with Gasteiger partial charge in [-0.3, -0.25) is 0 Å². The third-order valence-electron chi connectivity index (χ3n) is 2.28. The number of aromatic nitrogens is 2. The summed E-state index contributed by atoms with van der Waals surface area (Å²) < 4.78 is 5.10. The lowest BCUT2D eigenvalue weighted by Crippen LogP contribution is -2.01. The lowest BCUT2D eigenvalue weighted by molar-refractivity contribution is 0.180. The first-order valence-corrected chi connectivity index (χ1v) is 5.32. The van der Waals surface area contributed by atoms with Crippen LogP contribution < -0.4 is 0 Å². The fourth-order valence-electron chi connectivity index (χ4n) is 1.39. The van der Waals surface area contributed by atoms with E-state index in [9.17, 15) is 0 Å². The molecule has 1 heterocycles. The molecule has 4 nitrogen and oxygen atoms in total. The SMILES string of the molecule is C[C@H](O)CCc1nc(-c2ccccc2)no1. The van der Waals surface area contributed by atoms with Gasteiger partial charge in [-0.1, -0.05) is 35.5 Å². The summed E-state index contributed by atoms with van der Waals surface area (Å²) in [7, 11) is 0. The molecule has 1 N–H and O–H groups in total. The van der Waals surface area contributed by atoms with Crippen LogP contribution in [0.1, 0.15) is 19.2 Å². The average molecular weight is 218 g/mol. The van der Waals surface area contributed by atoms with Gasteiger partial charge in [0.1, 0.15) is 0 Å². The summed E-state index contributed by atoms with van der Waals surface area (Å²) in [6.45, 7) is 1.74. The minimum Gasteiger partial charge on any atom is -0.393 e. The zero-order valence-electron chi connectivity index (χ0n) is 9.13. The van der Waals surface area contributed by atoms with E-state index in [0.717, 1.165) is 5.56 Å². The van der Waals surface area contributed by atoms with E-state index in [1.807, 2.05) is 30.3 Å². The van der Waals surface area contributed by atoms with Crippen LogP contribution >= 0.6 is 0 Å². The number of rotatable bonds is 4. The van der Waals surface area contributed by atoms with E-state index in [2.05, 4.69) is 10.1 Å². The molecule has 2 aromatic rings. The minimum atomic E-state index is -0.341. The second-order valence-electron chi connectivity index (χ2n) is 3.77. The fourth-order valence-corrected chi connectivity index (χ4v) is 1.39. The van der Waals surface area contributed by atoms with Crippen molar-refractivity contribution in [2.24, 2.45) is 0 Å². The Morgan fingerprint density at radius 2 is 2.06 bits per heavy atom. The summed E-state index contributed by atoms with van der Waals surface area (Å²) in [4.78, 5) is 4.26. The number of aliphatic hydroxyl groups is 1. The van der Waals surface area contributed by atoms with Crippen molar-refractivity contribution in [3.05, 3.63) is 36.2 Å². The smallest absolute Gasteiger partial charge is 0.227 e. The van der Waals surface area contributed by atoms with Crippen molar-refractivity contribution in [3.63, 3.8) is 0 Å². The molecule has 4 heteroatoms. The van der Waals surface area contributed by atoms with Crippen LogP contribution in [-0.4, -0.2) is 21.4 Å². The van der Waals surface area contributed by atoms with Crippen molar-refractivity contribution in [1.29, 1.82) is 0 Å². The molecule has 1 aromatic carbocycles. The summed E-state index contributed by atoms with van der Waals surface area (Å²) >= 11 is 0. The fraction of sp³-hybridized carbons (Fsp3) is 0.333. The minimum absolute atomic E-state index is 0.341. The molecule has 0 aliphatic rings. The molecule has 1 atom stereocenters. The zero-order valence-corrected chi connectivity index (χ0v) is 9.13. The van der Waals surface area contributed by atoms with Gasteiger partial charge < -0.3 is 9.63 Å². The highest BCUT2D eigenvalue weighted by molar-refractivity contribution is 5.53. The highest BCUT2D eigenvalue weighted by Gasteiger charge is 2.08. The first kappa shape index (κ1) is 10.8. The zero-order chi connectivity index (χ0) is 11.4. The molecular formula is C12H14N2O2. The Hall–Kier alpha value is -1.68. The average Bonchev–Trinajstić information content (AvgIpc) is 2.76. The molecule has 0 aliphatic heterocycles. The van der Waals surface area contributed by atoms with Crippen LogP contribution in [0.2, 0.25) is 0 Å². The van der Waals surface area contributed by atoms with E-state index >= 15 is 0 Å². The lowest BCUT2D eigenvalue weighted by Gasteiger charge is -1.98. The van der Waals surface area contributed by atoms with Gasteiger partial charge in [0, 0.05) is 12.0 Å². The molecule has 0 unspecified atom stereocenters. The third kappa shape index (κ3) is 2.67. The Morgan fingerprint density at radius 1 is 1.31 bits per heavy atom. The molecule has 0 amide bonds. The van der Waals surface area contributed by atoms with E-state index in [1.54, 1.807) is 6.92 Å². The number of aliphatic hydroxyl groups excluding tert-OH is 1. The van der Waals surface area contributed by atoms with E-state index in [4.69, 9.17) is 9.63 Å². The number of aryl methyl sites for hydroxylation is 1. The Bertz CT molecular complexity index is 437. The molecule has 0 radical (unpaired) electrons. The van der Waals surface area contributed by atoms with Crippen LogP contribution in [0.25, 0.3) is 11.4 Å². The number of hydrogen-bond donors (Lipinski definition) is 1. The molecule has 0 spiro atoms. The molecule has 1 aromatic heterocycles. The highest BCUT2D eigenvalue weighted by Crippen LogP contribution is 2.15. The molecule has 84 valence electrons. The van der Waals surface area contributed by atoms with Gasteiger partial charge in [0.15, 0.2) is 0 Å². The van der Waals surface area contributed by atoms with Gasteiger partial charge >= 0.3 is 0 Å². The molecular weight excluding hydrogens is 204 g/mol. The molecule has 0 saturated heterocycles. The lowest BCUT2D eigenvalue weighted by atomic mass is 10.2. The Kier molecular flexibility index (Phi) is 3.31. The van der Waals surface area contributed by atoms with E-state index in [0.29, 0.717) is 24.6 Å². The molecule has 0 aliphatic carbocycles. The quantitative estimate of drug-likeness (QED) is 0.853. The summed E-state index contributed by atoms with van der Waals surface area (Å²) in [5.74, 6) is 1.17. The van der Waals surface area contributed by atoms with Gasteiger partial charge in [-0.05, 0) is 13.3 Å². The Labute approximate surface area is 93.9 Å². The van der Waals surface area contributed by atoms with Crippen molar-refractivity contribution >= 4 is 0 Å². The number of nitrogens with zero attached hydrogens (tertiary/aromatic N) is 2. The van der Waals surface area contributed by atoms with Gasteiger partial charge in [-0.15, -0.1) is 0 Å². The van der Waals surface area contributed by atoms with E-state index in [-0.39, 0.29) is 6.10 Å². The van der Waals surface area contributed by atoms with Gasteiger partial charge in [0.05, 0.1) is 6.10 Å². The van der Waals surface area contributed by atoms with Crippen LogP contribution in [0, 0.1) is 0 Å². The van der Waals surface area contributed by atoms with Crippen molar-refractivity contribution in [1.82, 2.24) is 10.1 Å². The number of hydrogen-bond acceptors (Lipinski definition) is 4. The second-order valence-corrected chi connectivity index (χ2v) is 3.77. The Morgan fingerprint density at radius 3 is 2.75 bits per heavy atom. The molecule has 16 heavy (non-hydrogen) atoms. The topological polar surface area (TPSA) is 59.2 Å². The maximum absolute atomic E-state index is 9.15. The monoisotopic (exact) mass is 218 g/mol. The van der Waals surface area contributed by atoms with Crippen molar-refractivity contribution in [2.75, 3.05) is 0 Å². The number of benzene rings is 1. The summed E-state index contributed by atoms with van der Waals surface area (Å²) in [5.41, 5.74) is 0.939. The maximum atomic E-state index is 9.15. The predicted molar refractivity (Wildman–Crippen MR) is 59.7 cm³/mol. The van der Waals surface area contributed by atoms with Crippen LogP contribution in [0.5, 0.6) is 0 Å². The van der Waals surface area contributed by atoms with Gasteiger partial charge in [0.25, 0.3) is 0 Å². The van der Waals surface area contributed by atoms with Crippen LogP contribution in [0.3, 0.4) is 0 Å². The normalized spacial score (nSPS) is 12.6. The summed E-state index contributed by atoms with van der Waals surface area (Å²) in [6.07, 6.45) is 0.903. The highest BCUT2D eigenvalue weighted by atomic mass is 16.5. The van der Waals surface area contributed by atoms with Crippen LogP contribution in [-0.2, 0) is 6.42 Å². The first-order chi connectivity index (χ1) is 7.75. The largest absolute Gasteiger partial charge is 0.393 e. The van der Waals surface area contributed by atoms with Crippen LogP contribution in [0.15, 0.2) is 34.9 Å². The molecule has 0 saturated carbocycles. The molecule has 2 rings (SSSR count). The molecule has 0 fully saturated rings. The van der Waals surface area contributed by atoms with Crippen molar-refractivity contribution in [3.8, 4) is 11.4 Å². The van der Waals surface area contributed by atoms with Crippen LogP contribution in [0.4, 0.5) is 0 Å². The standard InChI is InChI=1S/C12H14N2O2/c1-9(15)7-8-11-13-12(14-16-11)10-5-3-2-4-6-10/h2-6,9,15H,7-8H2,1H3/t9-/m0/s1. The van der Waals surface area contributed by atoms with Crippen molar-refractivity contribution in [2.45, 2.75) is 25.9 Å². The third-order valence-corrected chi connectivity index (χ3v) is 2.28. The Balaban J connectivity index is 2.08. The van der Waals surface area contributed by atoms with Gasteiger partial charge in [0.2, 0.25) is 11.7 Å². The summed E-state index contributed by atoms with van der Waals surface area (Å²) in [5, 5.41) is 13.0. The maximum Gasteiger partial charge on any atom is 0.227 e. The van der Waals surface area contributed by atoms with Crippen molar-refractivity contribution < 1.29 is 9.63 Å². The second kappa shape index (κ2) is 4.90. The van der Waals surface area contributed by atoms with E-state index < -0.39 is 0 Å². The summed E-state index contributed by atoms with van der Waals surface area (Å²) in [6, 6.07) is 9.67. The molecule has 0 bridgehead atoms.